The lowest BCUT2D eigenvalue weighted by Crippen LogP contribution is -2.24. The Bertz CT molecular complexity index is 665. The summed E-state index contributed by atoms with van der Waals surface area (Å²) in [5, 5.41) is 12.7. The van der Waals surface area contributed by atoms with Crippen LogP contribution in [0.3, 0.4) is 0 Å². The van der Waals surface area contributed by atoms with E-state index in [0.717, 1.165) is 5.69 Å². The van der Waals surface area contributed by atoms with E-state index in [9.17, 15) is 9.59 Å². The molecule has 0 aliphatic heterocycles. The number of para-hydroxylation sites is 1. The number of nitrogens with zero attached hydrogens (tertiary/aromatic N) is 2. The zero-order valence-electron chi connectivity index (χ0n) is 10.9. The molecule has 0 bridgehead atoms. The van der Waals surface area contributed by atoms with Gasteiger partial charge in [0.2, 0.25) is 11.1 Å². The van der Waals surface area contributed by atoms with E-state index < -0.39 is 11.4 Å². The highest BCUT2D eigenvalue weighted by molar-refractivity contribution is 5.86. The molecular formula is C14H14N2O4. The lowest BCUT2D eigenvalue weighted by Gasteiger charge is -2.10. The van der Waals surface area contributed by atoms with Crippen LogP contribution in [0.4, 0.5) is 0 Å². The first-order valence-corrected chi connectivity index (χ1v) is 6.08. The van der Waals surface area contributed by atoms with Crippen molar-refractivity contribution in [2.24, 2.45) is 0 Å². The molecule has 0 spiro atoms. The number of aromatic nitrogens is 2. The maximum absolute atomic E-state index is 11.8. The molecule has 2 aromatic rings. The molecule has 0 saturated heterocycles. The largest absolute Gasteiger partial charge is 0.458 e. The molecule has 1 aromatic heterocycles. The second-order valence-electron chi connectivity index (χ2n) is 4.11. The van der Waals surface area contributed by atoms with E-state index in [0.29, 0.717) is 5.69 Å². The normalized spacial score (nSPS) is 10.3. The number of hydrogen-bond donors (Lipinski definition) is 1. The van der Waals surface area contributed by atoms with Crippen molar-refractivity contribution >= 4 is 5.97 Å². The fourth-order valence-corrected chi connectivity index (χ4v) is 1.73. The number of esters is 1. The Balaban J connectivity index is 2.45. The van der Waals surface area contributed by atoms with Gasteiger partial charge in [-0.25, -0.2) is 9.48 Å². The van der Waals surface area contributed by atoms with E-state index in [-0.39, 0.29) is 18.9 Å². The number of carbonyl (C=O) groups excluding carboxylic acids is 1. The van der Waals surface area contributed by atoms with Gasteiger partial charge < -0.3 is 9.84 Å². The minimum atomic E-state index is -0.839. The van der Waals surface area contributed by atoms with Gasteiger partial charge in [0.1, 0.15) is 6.61 Å². The van der Waals surface area contributed by atoms with Gasteiger partial charge in [0.05, 0.1) is 12.3 Å². The number of hydrogen-bond acceptors (Lipinski definition) is 5. The van der Waals surface area contributed by atoms with Crippen LogP contribution in [0.15, 0.2) is 41.2 Å². The van der Waals surface area contributed by atoms with Gasteiger partial charge in [-0.3, -0.25) is 4.79 Å². The summed E-state index contributed by atoms with van der Waals surface area (Å²) in [6, 6.07) is 10.5. The summed E-state index contributed by atoms with van der Waals surface area (Å²) >= 11 is 0. The summed E-state index contributed by atoms with van der Waals surface area (Å²) in [6.07, 6.45) is 0. The van der Waals surface area contributed by atoms with E-state index in [2.05, 4.69) is 5.10 Å². The third kappa shape index (κ3) is 2.92. The molecule has 0 fully saturated rings. The molecule has 104 valence electrons. The standard InChI is InChI=1S/C14H14N2O4/c1-10-9-12(18)13(14(19)20-8-7-17)15-16(10)11-5-3-2-4-6-11/h2-6,9,17H,7-8H2,1H3. The Morgan fingerprint density at radius 3 is 2.70 bits per heavy atom. The average molecular weight is 274 g/mol. The maximum Gasteiger partial charge on any atom is 0.363 e. The molecule has 0 radical (unpaired) electrons. The van der Waals surface area contributed by atoms with Crippen molar-refractivity contribution < 1.29 is 14.6 Å². The highest BCUT2D eigenvalue weighted by atomic mass is 16.5. The summed E-state index contributed by atoms with van der Waals surface area (Å²) in [6.45, 7) is 1.26. The Hall–Kier alpha value is -2.47. The molecule has 20 heavy (non-hydrogen) atoms. The molecule has 6 nitrogen and oxygen atoms in total. The summed E-state index contributed by atoms with van der Waals surface area (Å²) < 4.78 is 6.22. The molecule has 1 N–H and O–H groups in total. The minimum Gasteiger partial charge on any atom is -0.458 e. The predicted molar refractivity (Wildman–Crippen MR) is 71.9 cm³/mol. The zero-order valence-corrected chi connectivity index (χ0v) is 10.9. The fraction of sp³-hybridized carbons (Fsp3) is 0.214. The number of ether oxygens (including phenoxy) is 1. The number of aliphatic hydroxyl groups excluding tert-OH is 1. The second kappa shape index (κ2) is 6.12. The summed E-state index contributed by atoms with van der Waals surface area (Å²) in [5.74, 6) is -0.839. The number of aliphatic hydroxyl groups is 1. The van der Waals surface area contributed by atoms with Crippen LogP contribution in [-0.2, 0) is 4.74 Å². The molecule has 1 heterocycles. The van der Waals surface area contributed by atoms with E-state index in [1.807, 2.05) is 30.3 Å². The lowest BCUT2D eigenvalue weighted by atomic mass is 10.3. The number of rotatable bonds is 4. The first-order valence-electron chi connectivity index (χ1n) is 6.08. The molecule has 0 aliphatic rings. The highest BCUT2D eigenvalue weighted by Gasteiger charge is 2.16. The van der Waals surface area contributed by atoms with Crippen molar-refractivity contribution in [3.63, 3.8) is 0 Å². The van der Waals surface area contributed by atoms with Crippen molar-refractivity contribution in [2.75, 3.05) is 13.2 Å². The van der Waals surface area contributed by atoms with Gasteiger partial charge in [0, 0.05) is 11.8 Å². The Kier molecular flexibility index (Phi) is 4.27. The molecule has 1 aromatic carbocycles. The number of benzene rings is 1. The van der Waals surface area contributed by atoms with Gasteiger partial charge in [-0.2, -0.15) is 5.10 Å². The highest BCUT2D eigenvalue weighted by Crippen LogP contribution is 2.08. The SMILES string of the molecule is Cc1cc(=O)c(C(=O)OCCO)nn1-c1ccccc1. The fourth-order valence-electron chi connectivity index (χ4n) is 1.73. The van der Waals surface area contributed by atoms with Crippen molar-refractivity contribution in [3.05, 3.63) is 58.0 Å². The van der Waals surface area contributed by atoms with Gasteiger partial charge in [-0.15, -0.1) is 0 Å². The molecular weight excluding hydrogens is 260 g/mol. The van der Waals surface area contributed by atoms with E-state index in [1.165, 1.54) is 10.7 Å². The summed E-state index contributed by atoms with van der Waals surface area (Å²) in [7, 11) is 0. The first-order chi connectivity index (χ1) is 9.63. The molecule has 6 heteroatoms. The molecule has 0 saturated carbocycles. The van der Waals surface area contributed by atoms with Gasteiger partial charge in [0.15, 0.2) is 0 Å². The van der Waals surface area contributed by atoms with Crippen LogP contribution in [0.2, 0.25) is 0 Å². The molecule has 0 amide bonds. The Morgan fingerprint density at radius 2 is 2.05 bits per heavy atom. The zero-order chi connectivity index (χ0) is 14.5. The Morgan fingerprint density at radius 1 is 1.35 bits per heavy atom. The van der Waals surface area contributed by atoms with Crippen LogP contribution in [0.5, 0.6) is 0 Å². The van der Waals surface area contributed by atoms with Crippen LogP contribution in [-0.4, -0.2) is 34.1 Å². The smallest absolute Gasteiger partial charge is 0.363 e. The van der Waals surface area contributed by atoms with Gasteiger partial charge in [-0.05, 0) is 19.1 Å². The molecule has 0 unspecified atom stereocenters. The number of carbonyl (C=O) groups is 1. The van der Waals surface area contributed by atoms with E-state index in [1.54, 1.807) is 6.92 Å². The topological polar surface area (TPSA) is 81.4 Å². The average Bonchev–Trinajstić information content (AvgIpc) is 2.46. The summed E-state index contributed by atoms with van der Waals surface area (Å²) in [5.41, 5.74) is 0.548. The monoisotopic (exact) mass is 274 g/mol. The van der Waals surface area contributed by atoms with Crippen molar-refractivity contribution in [1.29, 1.82) is 0 Å². The molecule has 2 rings (SSSR count). The molecule has 0 atom stereocenters. The predicted octanol–water partition coefficient (Wildman–Crippen LogP) is 0.690. The minimum absolute atomic E-state index is 0.167. The first kappa shape index (κ1) is 14.0. The third-order valence-corrected chi connectivity index (χ3v) is 2.63. The Labute approximate surface area is 115 Å². The third-order valence-electron chi connectivity index (χ3n) is 2.63. The van der Waals surface area contributed by atoms with Crippen LogP contribution >= 0.6 is 0 Å². The maximum atomic E-state index is 11.8. The second-order valence-corrected chi connectivity index (χ2v) is 4.11. The van der Waals surface area contributed by atoms with Gasteiger partial charge >= 0.3 is 5.97 Å². The van der Waals surface area contributed by atoms with Crippen LogP contribution in [0.25, 0.3) is 5.69 Å². The van der Waals surface area contributed by atoms with Crippen LogP contribution in [0.1, 0.15) is 16.2 Å². The van der Waals surface area contributed by atoms with Crippen LogP contribution in [0, 0.1) is 6.92 Å². The van der Waals surface area contributed by atoms with E-state index >= 15 is 0 Å². The van der Waals surface area contributed by atoms with Gasteiger partial charge in [-0.1, -0.05) is 18.2 Å². The van der Waals surface area contributed by atoms with Crippen molar-refractivity contribution in [3.8, 4) is 5.69 Å². The summed E-state index contributed by atoms with van der Waals surface area (Å²) in [4.78, 5) is 23.5. The van der Waals surface area contributed by atoms with Crippen molar-refractivity contribution in [1.82, 2.24) is 9.78 Å². The number of aryl methyl sites for hydroxylation is 1. The van der Waals surface area contributed by atoms with Crippen LogP contribution < -0.4 is 5.43 Å². The van der Waals surface area contributed by atoms with Gasteiger partial charge in [0.25, 0.3) is 0 Å². The lowest BCUT2D eigenvalue weighted by molar-refractivity contribution is 0.0423. The quantitative estimate of drug-likeness (QED) is 0.830. The van der Waals surface area contributed by atoms with Crippen molar-refractivity contribution in [2.45, 2.75) is 6.92 Å². The van der Waals surface area contributed by atoms with E-state index in [4.69, 9.17) is 9.84 Å². The molecule has 0 aliphatic carbocycles.